The van der Waals surface area contributed by atoms with Crippen LogP contribution in [0.25, 0.3) is 0 Å². The van der Waals surface area contributed by atoms with Crippen molar-refractivity contribution in [3.05, 3.63) is 90.8 Å². The number of ketones is 1. The van der Waals surface area contributed by atoms with Crippen LogP contribution in [0.4, 0.5) is 5.13 Å². The second-order valence-corrected chi connectivity index (χ2v) is 12.2. The molecule has 1 aliphatic rings. The number of rotatable bonds is 7. The summed E-state index contributed by atoms with van der Waals surface area (Å²) in [4.78, 5) is 37.1. The minimum absolute atomic E-state index is 0.0397. The van der Waals surface area contributed by atoms with Gasteiger partial charge in [-0.25, -0.2) is 4.98 Å². The number of benzene rings is 1. The number of thiazole rings is 1. The van der Waals surface area contributed by atoms with Crippen LogP contribution in [0.2, 0.25) is 10.0 Å². The van der Waals surface area contributed by atoms with Crippen molar-refractivity contribution in [2.45, 2.75) is 30.0 Å². The summed E-state index contributed by atoms with van der Waals surface area (Å²) in [6.07, 6.45) is 3.15. The molecule has 0 bridgehead atoms. The number of thioether (sulfide) groups is 1. The normalized spacial score (nSPS) is 15.6. The van der Waals surface area contributed by atoms with Gasteiger partial charge in [0.1, 0.15) is 0 Å². The molecule has 188 valence electrons. The van der Waals surface area contributed by atoms with Crippen LogP contribution in [-0.4, -0.2) is 37.0 Å². The molecule has 4 aromatic rings. The van der Waals surface area contributed by atoms with Gasteiger partial charge in [-0.1, -0.05) is 58.4 Å². The monoisotopic (exact) mass is 589 g/mol. The highest BCUT2D eigenvalue weighted by Crippen LogP contribution is 2.44. The molecule has 1 aromatic carbocycles. The highest BCUT2D eigenvalue weighted by Gasteiger charge is 2.46. The molecule has 1 amide bonds. The van der Waals surface area contributed by atoms with Gasteiger partial charge in [-0.05, 0) is 43.2 Å². The standard InChI is InChI=1S/C24H17Cl2N5O3S3/c1-11-21(36-12(2)28-11)19(32)17-18(13-4-3-7-27-9-13)31(22(34)20(17)33)23-29-30-24(37-23)35-10-14-5-6-15(25)8-16(14)26/h3-9,18,33H,10H2,1-2H3. The molecule has 1 N–H and O–H groups in total. The van der Waals surface area contributed by atoms with Crippen LogP contribution in [0.3, 0.4) is 0 Å². The fourth-order valence-corrected chi connectivity index (χ4v) is 7.19. The van der Waals surface area contributed by atoms with Gasteiger partial charge in [-0.2, -0.15) is 0 Å². The predicted molar refractivity (Wildman–Crippen MR) is 146 cm³/mol. The third-order valence-electron chi connectivity index (χ3n) is 5.53. The van der Waals surface area contributed by atoms with Gasteiger partial charge in [0.25, 0.3) is 5.91 Å². The molecule has 0 saturated heterocycles. The average molecular weight is 591 g/mol. The number of hydrogen-bond acceptors (Lipinski definition) is 10. The van der Waals surface area contributed by atoms with E-state index in [1.807, 2.05) is 6.07 Å². The number of aliphatic hydroxyl groups is 1. The van der Waals surface area contributed by atoms with E-state index in [0.29, 0.717) is 41.3 Å². The summed E-state index contributed by atoms with van der Waals surface area (Å²) in [6.45, 7) is 3.52. The molecule has 0 fully saturated rings. The van der Waals surface area contributed by atoms with Gasteiger partial charge in [0.05, 0.1) is 27.2 Å². The number of anilines is 1. The van der Waals surface area contributed by atoms with Crippen molar-refractivity contribution in [1.82, 2.24) is 20.2 Å². The maximum atomic E-state index is 13.6. The summed E-state index contributed by atoms with van der Waals surface area (Å²) >= 11 is 16.0. The Morgan fingerprint density at radius 1 is 1.19 bits per heavy atom. The first-order valence-corrected chi connectivity index (χ1v) is 14.2. The van der Waals surface area contributed by atoms with Gasteiger partial charge < -0.3 is 5.11 Å². The van der Waals surface area contributed by atoms with E-state index in [1.165, 1.54) is 39.3 Å². The molecule has 1 atom stereocenters. The number of amides is 1. The fourth-order valence-electron chi connectivity index (χ4n) is 3.89. The molecule has 5 rings (SSSR count). The number of Topliss-reactive ketones (excluding diaryl/α,β-unsaturated/α-hetero) is 1. The number of pyridine rings is 1. The molecular weight excluding hydrogens is 573 g/mol. The van der Waals surface area contributed by atoms with Gasteiger partial charge in [0.2, 0.25) is 10.9 Å². The molecule has 1 unspecified atom stereocenters. The van der Waals surface area contributed by atoms with Crippen LogP contribution in [-0.2, 0) is 10.5 Å². The molecule has 37 heavy (non-hydrogen) atoms. The van der Waals surface area contributed by atoms with E-state index in [2.05, 4.69) is 20.2 Å². The zero-order valence-electron chi connectivity index (χ0n) is 19.3. The summed E-state index contributed by atoms with van der Waals surface area (Å²) < 4.78 is 0.590. The summed E-state index contributed by atoms with van der Waals surface area (Å²) in [5.74, 6) is -1.30. The Labute approximate surface area is 234 Å². The predicted octanol–water partition coefficient (Wildman–Crippen LogP) is 6.39. The minimum Gasteiger partial charge on any atom is -0.503 e. The lowest BCUT2D eigenvalue weighted by Crippen LogP contribution is -2.31. The molecule has 13 heteroatoms. The van der Waals surface area contributed by atoms with Crippen LogP contribution in [0.15, 0.2) is 58.4 Å². The summed E-state index contributed by atoms with van der Waals surface area (Å²) in [5, 5.41) is 21.4. The Morgan fingerprint density at radius 2 is 2.00 bits per heavy atom. The Kier molecular flexibility index (Phi) is 7.32. The van der Waals surface area contributed by atoms with E-state index >= 15 is 0 Å². The Bertz CT molecular complexity index is 1550. The summed E-state index contributed by atoms with van der Waals surface area (Å²) in [7, 11) is 0. The molecular formula is C24H17Cl2N5O3S3. The van der Waals surface area contributed by atoms with Crippen LogP contribution in [0.1, 0.15) is 37.5 Å². The van der Waals surface area contributed by atoms with Gasteiger partial charge in [-0.15, -0.1) is 21.5 Å². The van der Waals surface area contributed by atoms with Crippen molar-refractivity contribution < 1.29 is 14.7 Å². The highest BCUT2D eigenvalue weighted by molar-refractivity contribution is 8.00. The quantitative estimate of drug-likeness (QED) is 0.150. The second kappa shape index (κ2) is 10.5. The lowest BCUT2D eigenvalue weighted by atomic mass is 9.96. The van der Waals surface area contributed by atoms with Crippen molar-refractivity contribution in [2.24, 2.45) is 0 Å². The Balaban J connectivity index is 1.48. The molecule has 0 spiro atoms. The number of carbonyl (C=O) groups is 2. The van der Waals surface area contributed by atoms with E-state index < -0.39 is 23.5 Å². The molecule has 0 aliphatic carbocycles. The molecule has 1 aliphatic heterocycles. The summed E-state index contributed by atoms with van der Waals surface area (Å²) in [6, 6.07) is 7.79. The van der Waals surface area contributed by atoms with Gasteiger partial charge in [-0.3, -0.25) is 19.5 Å². The Hall–Kier alpha value is -2.83. The topological polar surface area (TPSA) is 109 Å². The van der Waals surface area contributed by atoms with Crippen molar-refractivity contribution in [3.8, 4) is 0 Å². The SMILES string of the molecule is Cc1nc(C)c(C(=O)C2=C(O)C(=O)N(c3nnc(SCc4ccc(Cl)cc4Cl)s3)C2c2cccnc2)s1. The van der Waals surface area contributed by atoms with Crippen molar-refractivity contribution >= 4 is 74.5 Å². The zero-order valence-corrected chi connectivity index (χ0v) is 23.3. The van der Waals surface area contributed by atoms with Gasteiger partial charge in [0.15, 0.2) is 10.1 Å². The lowest BCUT2D eigenvalue weighted by Gasteiger charge is -2.23. The third kappa shape index (κ3) is 5.01. The van der Waals surface area contributed by atoms with Crippen LogP contribution in [0, 0.1) is 13.8 Å². The first kappa shape index (κ1) is 25.8. The largest absolute Gasteiger partial charge is 0.503 e. The number of aryl methyl sites for hydroxylation is 2. The first-order chi connectivity index (χ1) is 17.7. The minimum atomic E-state index is -0.924. The molecule has 8 nitrogen and oxygen atoms in total. The maximum Gasteiger partial charge on any atom is 0.296 e. The highest BCUT2D eigenvalue weighted by atomic mass is 35.5. The van der Waals surface area contributed by atoms with Crippen LogP contribution < -0.4 is 4.90 Å². The number of hydrogen-bond donors (Lipinski definition) is 1. The van der Waals surface area contributed by atoms with Crippen molar-refractivity contribution in [3.63, 3.8) is 0 Å². The maximum absolute atomic E-state index is 13.6. The fraction of sp³-hybridized carbons (Fsp3) is 0.167. The third-order valence-corrected chi connectivity index (χ3v) is 9.29. The van der Waals surface area contributed by atoms with Crippen molar-refractivity contribution in [2.75, 3.05) is 4.90 Å². The van der Waals surface area contributed by atoms with Crippen molar-refractivity contribution in [1.29, 1.82) is 0 Å². The van der Waals surface area contributed by atoms with E-state index in [-0.39, 0.29) is 10.7 Å². The lowest BCUT2D eigenvalue weighted by molar-refractivity contribution is -0.117. The average Bonchev–Trinajstić information content (AvgIpc) is 3.54. The smallest absolute Gasteiger partial charge is 0.296 e. The zero-order chi connectivity index (χ0) is 26.3. The van der Waals surface area contributed by atoms with Crippen LogP contribution in [0.5, 0.6) is 0 Å². The van der Waals surface area contributed by atoms with E-state index in [1.54, 1.807) is 50.5 Å². The van der Waals surface area contributed by atoms with E-state index in [4.69, 9.17) is 23.2 Å². The molecule has 4 heterocycles. The number of aliphatic hydroxyl groups excluding tert-OH is 1. The van der Waals surface area contributed by atoms with E-state index in [0.717, 1.165) is 5.56 Å². The molecule has 3 aromatic heterocycles. The van der Waals surface area contributed by atoms with E-state index in [9.17, 15) is 14.7 Å². The Morgan fingerprint density at radius 3 is 2.68 bits per heavy atom. The number of carbonyl (C=O) groups excluding carboxylic acids is 2. The second-order valence-electron chi connectivity index (χ2n) is 7.98. The number of nitrogens with zero attached hydrogens (tertiary/aromatic N) is 5. The van der Waals surface area contributed by atoms with Crippen LogP contribution >= 0.6 is 57.6 Å². The molecule has 0 saturated carbocycles. The first-order valence-electron chi connectivity index (χ1n) is 10.8. The molecule has 0 radical (unpaired) electrons. The van der Waals surface area contributed by atoms with Gasteiger partial charge >= 0.3 is 0 Å². The summed E-state index contributed by atoms with van der Waals surface area (Å²) in [5.41, 5.74) is 1.93. The number of halogens is 2. The number of aromatic nitrogens is 4. The van der Waals surface area contributed by atoms with Gasteiger partial charge in [0, 0.05) is 28.2 Å².